The number of aliphatic imine (C=N–C) groups is 1. The highest BCUT2D eigenvalue weighted by atomic mass is 19.1. The highest BCUT2D eigenvalue weighted by Gasteiger charge is 2.40. The molecular weight excluding hydrogens is 493 g/mol. The third-order valence-electron chi connectivity index (χ3n) is 6.91. The molecule has 1 fully saturated rings. The van der Waals surface area contributed by atoms with Gasteiger partial charge in [-0.3, -0.25) is 19.4 Å². The lowest BCUT2D eigenvalue weighted by Crippen LogP contribution is -2.54. The fourth-order valence-electron chi connectivity index (χ4n) is 4.53. The fourth-order valence-corrected chi connectivity index (χ4v) is 4.53. The van der Waals surface area contributed by atoms with E-state index in [2.05, 4.69) is 10.3 Å². The maximum Gasteiger partial charge on any atom is 0.408 e. The molecule has 38 heavy (non-hydrogen) atoms. The minimum absolute atomic E-state index is 0.0616. The molecule has 0 aliphatic carbocycles. The number of alkyl halides is 1. The number of carbonyl (C=O) groups is 4. The Morgan fingerprint density at radius 2 is 1.92 bits per heavy atom. The SMILES string of the molecule is CCC(C)[C@H](NC(=O)OCc1ccccc1)C(=O)N1CCC[C@H]1C(=O)C[C@@H](CCCN=C(N)N)C(=O)CF. The van der Waals surface area contributed by atoms with Crippen LogP contribution in [0, 0.1) is 11.8 Å². The number of likely N-dealkylation sites (tertiary alicyclic amines) is 1. The third-order valence-corrected chi connectivity index (χ3v) is 6.91. The lowest BCUT2D eigenvalue weighted by Gasteiger charge is -2.31. The highest BCUT2D eigenvalue weighted by molar-refractivity contribution is 5.95. The molecule has 1 aromatic rings. The summed E-state index contributed by atoms with van der Waals surface area (Å²) < 4.78 is 18.5. The first-order valence-electron chi connectivity index (χ1n) is 13.1. The second kappa shape index (κ2) is 15.7. The van der Waals surface area contributed by atoms with Gasteiger partial charge in [0.2, 0.25) is 5.91 Å². The molecule has 4 atom stereocenters. The van der Waals surface area contributed by atoms with Crippen LogP contribution in [-0.4, -0.2) is 66.3 Å². The van der Waals surface area contributed by atoms with Crippen molar-refractivity contribution >= 4 is 29.5 Å². The summed E-state index contributed by atoms with van der Waals surface area (Å²) in [6.07, 6.45) is 1.46. The van der Waals surface area contributed by atoms with Crippen molar-refractivity contribution in [1.82, 2.24) is 10.2 Å². The van der Waals surface area contributed by atoms with Crippen molar-refractivity contribution < 1.29 is 28.3 Å². The van der Waals surface area contributed by atoms with E-state index in [0.29, 0.717) is 32.2 Å². The number of alkyl carbamates (subject to hydrolysis) is 1. The van der Waals surface area contributed by atoms with E-state index >= 15 is 0 Å². The summed E-state index contributed by atoms with van der Waals surface area (Å²) in [7, 11) is 0. The molecule has 10 nitrogen and oxygen atoms in total. The van der Waals surface area contributed by atoms with Crippen LogP contribution in [0.15, 0.2) is 35.3 Å². The molecule has 1 unspecified atom stereocenters. The number of rotatable bonds is 15. The topological polar surface area (TPSA) is 157 Å². The van der Waals surface area contributed by atoms with Gasteiger partial charge in [0.25, 0.3) is 0 Å². The molecule has 2 rings (SSSR count). The van der Waals surface area contributed by atoms with E-state index in [0.717, 1.165) is 5.56 Å². The van der Waals surface area contributed by atoms with Crippen molar-refractivity contribution in [2.24, 2.45) is 28.3 Å². The lowest BCUT2D eigenvalue weighted by molar-refractivity contribution is -0.141. The van der Waals surface area contributed by atoms with Gasteiger partial charge in [0, 0.05) is 25.4 Å². The third kappa shape index (κ3) is 9.42. The molecule has 210 valence electrons. The van der Waals surface area contributed by atoms with Gasteiger partial charge in [-0.05, 0) is 37.2 Å². The fraction of sp³-hybridized carbons (Fsp3) is 0.593. The number of hydrogen-bond acceptors (Lipinski definition) is 6. The largest absolute Gasteiger partial charge is 0.445 e. The zero-order valence-electron chi connectivity index (χ0n) is 22.2. The Kier molecular flexibility index (Phi) is 12.7. The summed E-state index contributed by atoms with van der Waals surface area (Å²) in [5.74, 6) is -2.41. The van der Waals surface area contributed by atoms with Gasteiger partial charge in [0.15, 0.2) is 17.5 Å². The smallest absolute Gasteiger partial charge is 0.408 e. The molecule has 5 N–H and O–H groups in total. The van der Waals surface area contributed by atoms with Gasteiger partial charge in [-0.15, -0.1) is 0 Å². The van der Waals surface area contributed by atoms with E-state index < -0.39 is 36.6 Å². The minimum atomic E-state index is -1.17. The number of benzene rings is 1. The van der Waals surface area contributed by atoms with Crippen molar-refractivity contribution in [3.8, 4) is 0 Å². The quantitative estimate of drug-likeness (QED) is 0.178. The maximum absolute atomic E-state index is 13.6. The average molecular weight is 534 g/mol. The van der Waals surface area contributed by atoms with E-state index in [9.17, 15) is 23.6 Å². The number of Topliss-reactive ketones (excluding diaryl/α,β-unsaturated/α-hetero) is 2. The van der Waals surface area contributed by atoms with Crippen LogP contribution in [-0.2, 0) is 25.7 Å². The molecular formula is C27H40FN5O5. The number of guanidine groups is 1. The van der Waals surface area contributed by atoms with Gasteiger partial charge < -0.3 is 26.4 Å². The molecule has 2 amide bonds. The van der Waals surface area contributed by atoms with Gasteiger partial charge >= 0.3 is 6.09 Å². The number of nitrogens with two attached hydrogens (primary N) is 2. The zero-order chi connectivity index (χ0) is 28.1. The van der Waals surface area contributed by atoms with E-state index in [4.69, 9.17) is 16.2 Å². The molecule has 1 aromatic carbocycles. The standard InChI is InChI=1S/C27H40FN5O5/c1-3-18(2)24(32-27(37)38-17-19-9-5-4-6-10-19)25(36)33-14-8-12-21(33)22(34)15-20(23(35)16-28)11-7-13-31-26(29)30/h4-6,9-10,18,20-21,24H,3,7-8,11-17H2,1-2H3,(H,32,37)(H4,29,30,31)/t18?,20-,21+,24+/m1/s1. The summed E-state index contributed by atoms with van der Waals surface area (Å²) in [5.41, 5.74) is 11.4. The van der Waals surface area contributed by atoms with Gasteiger partial charge in [-0.2, -0.15) is 0 Å². The predicted molar refractivity (Wildman–Crippen MR) is 142 cm³/mol. The van der Waals surface area contributed by atoms with Crippen LogP contribution in [0.25, 0.3) is 0 Å². The summed E-state index contributed by atoms with van der Waals surface area (Å²) in [4.78, 5) is 56.8. The van der Waals surface area contributed by atoms with Crippen LogP contribution in [0.2, 0.25) is 0 Å². The molecule has 1 aliphatic rings. The number of hydrogen-bond donors (Lipinski definition) is 3. The van der Waals surface area contributed by atoms with Crippen LogP contribution in [0.1, 0.15) is 57.9 Å². The van der Waals surface area contributed by atoms with Crippen molar-refractivity contribution in [3.63, 3.8) is 0 Å². The van der Waals surface area contributed by atoms with Crippen LogP contribution in [0.3, 0.4) is 0 Å². The van der Waals surface area contributed by atoms with Crippen LogP contribution < -0.4 is 16.8 Å². The Morgan fingerprint density at radius 1 is 1.21 bits per heavy atom. The van der Waals surface area contributed by atoms with Crippen LogP contribution in [0.5, 0.6) is 0 Å². The Balaban J connectivity index is 2.05. The Hall–Kier alpha value is -3.50. The lowest BCUT2D eigenvalue weighted by atomic mass is 9.90. The number of nitrogens with one attached hydrogen (secondary N) is 1. The number of carbonyl (C=O) groups excluding carboxylic acids is 4. The molecule has 0 aromatic heterocycles. The molecule has 0 radical (unpaired) electrons. The second-order valence-corrected chi connectivity index (χ2v) is 9.68. The zero-order valence-corrected chi connectivity index (χ0v) is 22.2. The first-order chi connectivity index (χ1) is 18.2. The Labute approximate surface area is 223 Å². The number of halogens is 1. The monoisotopic (exact) mass is 533 g/mol. The van der Waals surface area contributed by atoms with Crippen LogP contribution in [0.4, 0.5) is 9.18 Å². The first-order valence-corrected chi connectivity index (χ1v) is 13.1. The van der Waals surface area contributed by atoms with Crippen LogP contribution >= 0.6 is 0 Å². The van der Waals surface area contributed by atoms with E-state index in [1.807, 2.05) is 44.2 Å². The number of nitrogens with zero attached hydrogens (tertiary/aromatic N) is 2. The number of amides is 2. The molecule has 1 heterocycles. The number of ether oxygens (including phenoxy) is 1. The molecule has 0 spiro atoms. The second-order valence-electron chi connectivity index (χ2n) is 9.68. The highest BCUT2D eigenvalue weighted by Crippen LogP contribution is 2.25. The van der Waals surface area contributed by atoms with Gasteiger partial charge in [0.1, 0.15) is 19.3 Å². The molecule has 11 heteroatoms. The summed E-state index contributed by atoms with van der Waals surface area (Å²) >= 11 is 0. The normalized spacial score (nSPS) is 17.2. The maximum atomic E-state index is 13.6. The number of ketones is 2. The van der Waals surface area contributed by atoms with Crippen molar-refractivity contribution in [1.29, 1.82) is 0 Å². The summed E-state index contributed by atoms with van der Waals surface area (Å²) in [5, 5.41) is 2.69. The van der Waals surface area contributed by atoms with Gasteiger partial charge in [-0.25, -0.2) is 9.18 Å². The molecule has 0 bridgehead atoms. The van der Waals surface area contributed by atoms with E-state index in [1.165, 1.54) is 4.90 Å². The first kappa shape index (κ1) is 30.7. The van der Waals surface area contributed by atoms with Gasteiger partial charge in [-0.1, -0.05) is 50.6 Å². The van der Waals surface area contributed by atoms with E-state index in [-0.39, 0.29) is 49.6 Å². The van der Waals surface area contributed by atoms with Crippen molar-refractivity contribution in [3.05, 3.63) is 35.9 Å². The van der Waals surface area contributed by atoms with Gasteiger partial charge in [0.05, 0.1) is 6.04 Å². The van der Waals surface area contributed by atoms with Crippen molar-refractivity contribution in [2.45, 2.75) is 71.1 Å². The minimum Gasteiger partial charge on any atom is -0.445 e. The van der Waals surface area contributed by atoms with E-state index in [1.54, 1.807) is 0 Å². The summed E-state index contributed by atoms with van der Waals surface area (Å²) in [6.45, 7) is 3.27. The predicted octanol–water partition coefficient (Wildman–Crippen LogP) is 2.49. The Bertz CT molecular complexity index is 970. The average Bonchev–Trinajstić information content (AvgIpc) is 3.41. The van der Waals surface area contributed by atoms with Crippen molar-refractivity contribution in [2.75, 3.05) is 19.8 Å². The molecule has 1 aliphatic heterocycles. The summed E-state index contributed by atoms with van der Waals surface area (Å²) in [6, 6.07) is 7.57. The molecule has 1 saturated heterocycles. The molecule has 0 saturated carbocycles. The Morgan fingerprint density at radius 3 is 2.55 bits per heavy atom.